The second-order valence-electron chi connectivity index (χ2n) is 4.35. The van der Waals surface area contributed by atoms with Crippen LogP contribution in [-0.2, 0) is 0 Å². The van der Waals surface area contributed by atoms with Gasteiger partial charge in [-0.1, -0.05) is 36.9 Å². The van der Waals surface area contributed by atoms with Crippen molar-refractivity contribution in [1.82, 2.24) is 9.97 Å². The summed E-state index contributed by atoms with van der Waals surface area (Å²) < 4.78 is 39.3. The van der Waals surface area contributed by atoms with Gasteiger partial charge in [-0.2, -0.15) is 13.2 Å². The van der Waals surface area contributed by atoms with Crippen molar-refractivity contribution >= 4 is 22.7 Å². The molecule has 2 aromatic rings. The van der Waals surface area contributed by atoms with E-state index in [1.807, 2.05) is 0 Å². The third kappa shape index (κ3) is 3.21. The van der Waals surface area contributed by atoms with Crippen LogP contribution in [0.15, 0.2) is 35.6 Å². The van der Waals surface area contributed by atoms with Gasteiger partial charge in [0.05, 0.1) is 5.52 Å². The van der Waals surface area contributed by atoms with E-state index in [2.05, 4.69) is 9.97 Å². The van der Waals surface area contributed by atoms with Crippen LogP contribution >= 0.6 is 11.8 Å². The van der Waals surface area contributed by atoms with Crippen LogP contribution in [0.4, 0.5) is 13.2 Å². The first-order valence-corrected chi connectivity index (χ1v) is 7.00. The fraction of sp³-hybridized carbons (Fsp3) is 0.385. The Balaban J connectivity index is 2.38. The molecule has 0 aliphatic heterocycles. The van der Waals surface area contributed by atoms with Gasteiger partial charge in [0.2, 0.25) is 0 Å². The minimum atomic E-state index is -4.37. The van der Waals surface area contributed by atoms with Gasteiger partial charge in [0.25, 0.3) is 0 Å². The van der Waals surface area contributed by atoms with E-state index in [1.165, 1.54) is 6.33 Å². The van der Waals surface area contributed by atoms with Crippen molar-refractivity contribution in [1.29, 1.82) is 0 Å². The Morgan fingerprint density at radius 2 is 1.95 bits per heavy atom. The smallest absolute Gasteiger partial charge is 0.326 e. The zero-order valence-electron chi connectivity index (χ0n) is 10.8. The molecule has 0 amide bonds. The minimum Gasteiger partial charge on any atom is -0.326 e. The predicted octanol–water partition coefficient (Wildman–Crippen LogP) is 3.39. The molecule has 2 N–H and O–H groups in total. The molecule has 0 aliphatic rings. The van der Waals surface area contributed by atoms with Crippen molar-refractivity contribution in [3.05, 3.63) is 30.6 Å². The summed E-state index contributed by atoms with van der Waals surface area (Å²) in [5.74, 6) is 0. The lowest BCUT2D eigenvalue weighted by atomic mass is 10.1. The number of rotatable bonds is 4. The minimum absolute atomic E-state index is 0.250. The molecule has 3 nitrogen and oxygen atoms in total. The van der Waals surface area contributed by atoms with Gasteiger partial charge in [-0.05, 0) is 12.5 Å². The van der Waals surface area contributed by atoms with Crippen molar-refractivity contribution in [3.8, 4) is 0 Å². The first kappa shape index (κ1) is 15.1. The van der Waals surface area contributed by atoms with E-state index in [0.29, 0.717) is 27.7 Å². The van der Waals surface area contributed by atoms with Crippen LogP contribution in [0, 0.1) is 0 Å². The average Bonchev–Trinajstić information content (AvgIpc) is 2.42. The Morgan fingerprint density at radius 1 is 1.25 bits per heavy atom. The Bertz CT molecular complexity index is 583. The lowest BCUT2D eigenvalue weighted by molar-refractivity contribution is -0.132. The molecular formula is C13H14F3N3S. The largest absolute Gasteiger partial charge is 0.402 e. The highest BCUT2D eigenvalue weighted by molar-refractivity contribution is 8.00. The topological polar surface area (TPSA) is 51.8 Å². The van der Waals surface area contributed by atoms with Gasteiger partial charge in [-0.25, -0.2) is 9.97 Å². The molecule has 0 bridgehead atoms. The number of fused-ring (bicyclic) bond motifs is 1. The highest BCUT2D eigenvalue weighted by atomic mass is 32.2. The molecular weight excluding hydrogens is 287 g/mol. The summed E-state index contributed by atoms with van der Waals surface area (Å²) in [5.41, 5.74) is 6.23. The Hall–Kier alpha value is -1.34. The van der Waals surface area contributed by atoms with Gasteiger partial charge in [0, 0.05) is 11.4 Å². The number of alkyl halides is 3. The second-order valence-corrected chi connectivity index (χ2v) is 5.48. The summed E-state index contributed by atoms with van der Waals surface area (Å²) in [6, 6.07) is 6.01. The molecule has 0 fully saturated rings. The summed E-state index contributed by atoms with van der Waals surface area (Å²) in [4.78, 5) is 8.01. The van der Waals surface area contributed by atoms with Crippen LogP contribution < -0.4 is 5.73 Å². The SMILES string of the molecule is CCC(N)C(Sc1ncnc2ccccc12)C(F)(F)F. The molecule has 108 valence electrons. The molecule has 2 unspecified atom stereocenters. The van der Waals surface area contributed by atoms with Crippen LogP contribution in [0.1, 0.15) is 13.3 Å². The second kappa shape index (κ2) is 5.97. The molecule has 0 saturated carbocycles. The summed E-state index contributed by atoms with van der Waals surface area (Å²) in [6.07, 6.45) is -2.85. The highest BCUT2D eigenvalue weighted by Crippen LogP contribution is 2.38. The summed E-state index contributed by atoms with van der Waals surface area (Å²) in [5, 5.41) is -0.759. The molecule has 1 aromatic heterocycles. The first-order chi connectivity index (χ1) is 9.43. The zero-order valence-corrected chi connectivity index (χ0v) is 11.6. The molecule has 1 heterocycles. The Labute approximate surface area is 118 Å². The van der Waals surface area contributed by atoms with Crippen LogP contribution in [0.5, 0.6) is 0 Å². The predicted molar refractivity (Wildman–Crippen MR) is 73.5 cm³/mol. The van der Waals surface area contributed by atoms with Gasteiger partial charge >= 0.3 is 6.18 Å². The number of thioether (sulfide) groups is 1. The van der Waals surface area contributed by atoms with E-state index < -0.39 is 17.5 Å². The summed E-state index contributed by atoms with van der Waals surface area (Å²) in [7, 11) is 0. The fourth-order valence-corrected chi connectivity index (χ4v) is 2.95. The highest BCUT2D eigenvalue weighted by Gasteiger charge is 2.44. The van der Waals surface area contributed by atoms with E-state index >= 15 is 0 Å². The molecule has 7 heteroatoms. The molecule has 1 aromatic carbocycles. The van der Waals surface area contributed by atoms with Crippen molar-refractivity contribution in [2.24, 2.45) is 5.73 Å². The van der Waals surface area contributed by atoms with Gasteiger partial charge in [-0.3, -0.25) is 0 Å². The van der Waals surface area contributed by atoms with Crippen LogP contribution in [-0.4, -0.2) is 27.4 Å². The fourth-order valence-electron chi connectivity index (χ4n) is 1.81. The van der Waals surface area contributed by atoms with E-state index in [1.54, 1.807) is 31.2 Å². The number of hydrogen-bond donors (Lipinski definition) is 1. The number of nitrogens with two attached hydrogens (primary N) is 1. The van der Waals surface area contributed by atoms with Gasteiger partial charge in [-0.15, -0.1) is 0 Å². The third-order valence-corrected chi connectivity index (χ3v) is 4.35. The molecule has 0 spiro atoms. The van der Waals surface area contributed by atoms with E-state index in [4.69, 9.17) is 5.73 Å². The standard InChI is InChI=1S/C13H14F3N3S/c1-2-9(17)11(13(14,15)16)20-12-8-5-3-4-6-10(8)18-7-19-12/h3-7,9,11H,2,17H2,1H3. The van der Waals surface area contributed by atoms with Gasteiger partial charge in [0.1, 0.15) is 16.6 Å². The van der Waals surface area contributed by atoms with E-state index in [9.17, 15) is 13.2 Å². The van der Waals surface area contributed by atoms with Crippen LogP contribution in [0.25, 0.3) is 10.9 Å². The molecule has 0 saturated heterocycles. The Morgan fingerprint density at radius 3 is 2.60 bits per heavy atom. The lowest BCUT2D eigenvalue weighted by Gasteiger charge is -2.24. The van der Waals surface area contributed by atoms with Crippen molar-refractivity contribution in [2.75, 3.05) is 0 Å². The van der Waals surface area contributed by atoms with Crippen molar-refractivity contribution < 1.29 is 13.2 Å². The van der Waals surface area contributed by atoms with Crippen molar-refractivity contribution in [2.45, 2.75) is 35.8 Å². The van der Waals surface area contributed by atoms with Gasteiger partial charge < -0.3 is 5.73 Å². The van der Waals surface area contributed by atoms with Gasteiger partial charge in [0.15, 0.2) is 0 Å². The number of benzene rings is 1. The number of halogens is 3. The Kier molecular flexibility index (Phi) is 4.49. The molecule has 20 heavy (non-hydrogen) atoms. The maximum absolute atomic E-state index is 13.1. The summed E-state index contributed by atoms with van der Waals surface area (Å²) >= 11 is 0.657. The molecule has 0 aliphatic carbocycles. The first-order valence-electron chi connectivity index (χ1n) is 6.12. The van der Waals surface area contributed by atoms with Crippen LogP contribution in [0.2, 0.25) is 0 Å². The molecule has 0 radical (unpaired) electrons. The number of aromatic nitrogens is 2. The van der Waals surface area contributed by atoms with E-state index in [-0.39, 0.29) is 6.42 Å². The van der Waals surface area contributed by atoms with E-state index in [0.717, 1.165) is 0 Å². The lowest BCUT2D eigenvalue weighted by Crippen LogP contribution is -2.42. The number of para-hydroxylation sites is 1. The molecule has 2 rings (SSSR count). The zero-order chi connectivity index (χ0) is 14.8. The number of hydrogen-bond acceptors (Lipinski definition) is 4. The maximum atomic E-state index is 13.1. The molecule has 2 atom stereocenters. The maximum Gasteiger partial charge on any atom is 0.402 e. The third-order valence-electron chi connectivity index (χ3n) is 2.93. The average molecular weight is 301 g/mol. The quantitative estimate of drug-likeness (QED) is 0.694. The summed E-state index contributed by atoms with van der Waals surface area (Å²) in [6.45, 7) is 1.64. The van der Waals surface area contributed by atoms with Crippen molar-refractivity contribution in [3.63, 3.8) is 0 Å². The van der Waals surface area contributed by atoms with Crippen LogP contribution in [0.3, 0.4) is 0 Å². The monoisotopic (exact) mass is 301 g/mol. The normalized spacial score (nSPS) is 15.2. The number of nitrogens with zero attached hydrogens (tertiary/aromatic N) is 2.